The van der Waals surface area contributed by atoms with Crippen LogP contribution in [0.2, 0.25) is 5.02 Å². The Bertz CT molecular complexity index is 1420. The van der Waals surface area contributed by atoms with Gasteiger partial charge < -0.3 is 10.2 Å². The van der Waals surface area contributed by atoms with E-state index in [0.29, 0.717) is 22.8 Å². The first-order chi connectivity index (χ1) is 19.3. The Labute approximate surface area is 249 Å². The minimum atomic E-state index is -3.84. The first kappa shape index (κ1) is 32.2. The molecule has 3 aromatic carbocycles. The van der Waals surface area contributed by atoms with Crippen molar-refractivity contribution in [2.24, 2.45) is 0 Å². The first-order valence-electron chi connectivity index (χ1n) is 13.7. The molecule has 0 aliphatic carbocycles. The normalized spacial score (nSPS) is 12.4. The highest BCUT2D eigenvalue weighted by Gasteiger charge is 2.33. The summed E-state index contributed by atoms with van der Waals surface area (Å²) in [6, 6.07) is 22.8. The number of hydrogen-bond donors (Lipinski definition) is 1. The molecule has 9 heteroatoms. The quantitative estimate of drug-likeness (QED) is 0.296. The minimum absolute atomic E-state index is 0.0378. The largest absolute Gasteiger partial charge is 0.354 e. The highest BCUT2D eigenvalue weighted by molar-refractivity contribution is 7.92. The Morgan fingerprint density at radius 3 is 2.10 bits per heavy atom. The number of anilines is 1. The lowest BCUT2D eigenvalue weighted by atomic mass is 9.87. The Balaban J connectivity index is 2.04. The zero-order valence-electron chi connectivity index (χ0n) is 24.4. The van der Waals surface area contributed by atoms with Crippen LogP contribution >= 0.6 is 11.6 Å². The maximum Gasteiger partial charge on any atom is 0.244 e. The number of carbonyl (C=O) groups is 2. The summed E-state index contributed by atoms with van der Waals surface area (Å²) in [4.78, 5) is 29.1. The summed E-state index contributed by atoms with van der Waals surface area (Å²) in [5.41, 5.74) is 2.83. The second kappa shape index (κ2) is 14.0. The molecular weight excluding hydrogens is 558 g/mol. The molecule has 1 N–H and O–H groups in total. The van der Waals surface area contributed by atoms with Gasteiger partial charge in [-0.15, -0.1) is 0 Å². The Morgan fingerprint density at radius 2 is 1.54 bits per heavy atom. The van der Waals surface area contributed by atoms with Crippen molar-refractivity contribution in [3.05, 3.63) is 101 Å². The van der Waals surface area contributed by atoms with Gasteiger partial charge in [0.2, 0.25) is 21.8 Å². The molecule has 0 bridgehead atoms. The molecule has 3 rings (SSSR count). The summed E-state index contributed by atoms with van der Waals surface area (Å²) < 4.78 is 27.0. The Kier molecular flexibility index (Phi) is 11.0. The molecule has 0 radical (unpaired) electrons. The highest BCUT2D eigenvalue weighted by atomic mass is 35.5. The first-order valence-corrected chi connectivity index (χ1v) is 16.0. The second-order valence-electron chi connectivity index (χ2n) is 11.2. The van der Waals surface area contributed by atoms with Crippen LogP contribution in [0.25, 0.3) is 0 Å². The van der Waals surface area contributed by atoms with Gasteiger partial charge in [0, 0.05) is 24.5 Å². The van der Waals surface area contributed by atoms with Gasteiger partial charge >= 0.3 is 0 Å². The molecule has 0 saturated carbocycles. The average molecular weight is 598 g/mol. The van der Waals surface area contributed by atoms with Gasteiger partial charge in [-0.3, -0.25) is 13.9 Å². The fourth-order valence-corrected chi connectivity index (χ4v) is 5.52. The van der Waals surface area contributed by atoms with Crippen LogP contribution in [0.1, 0.15) is 50.8 Å². The van der Waals surface area contributed by atoms with Crippen LogP contribution < -0.4 is 9.62 Å². The van der Waals surface area contributed by atoms with Crippen molar-refractivity contribution in [2.75, 3.05) is 23.7 Å². The molecule has 0 spiro atoms. The predicted octanol–water partition coefficient (Wildman–Crippen LogP) is 5.57. The molecule has 3 aromatic rings. The van der Waals surface area contributed by atoms with Crippen LogP contribution in [0.5, 0.6) is 0 Å². The molecule has 0 aliphatic rings. The van der Waals surface area contributed by atoms with E-state index in [-0.39, 0.29) is 24.3 Å². The van der Waals surface area contributed by atoms with E-state index in [1.54, 1.807) is 30.3 Å². The molecule has 0 aliphatic heterocycles. The predicted molar refractivity (Wildman–Crippen MR) is 167 cm³/mol. The van der Waals surface area contributed by atoms with Gasteiger partial charge in [-0.25, -0.2) is 8.42 Å². The number of sulfonamides is 1. The summed E-state index contributed by atoms with van der Waals surface area (Å²) in [6.45, 7) is 8.19. The standard InChI is InChI=1S/C32H40ClN3O4S/c1-6-20-34-31(38)29(21-24-12-8-7-9-13-24)35(22-25-14-10-11-15-28(25)33)30(37)23-36(41(5,39)40)27-18-16-26(17-19-27)32(2,3)4/h7-19,29H,6,20-23H2,1-5H3,(H,34,38)/t29-/m1/s1. The van der Waals surface area contributed by atoms with E-state index in [1.165, 1.54) is 4.90 Å². The van der Waals surface area contributed by atoms with Gasteiger partial charge in [-0.05, 0) is 46.7 Å². The van der Waals surface area contributed by atoms with E-state index in [2.05, 4.69) is 26.1 Å². The van der Waals surface area contributed by atoms with Crippen LogP contribution in [0, 0.1) is 0 Å². The number of nitrogens with zero attached hydrogens (tertiary/aromatic N) is 2. The lowest BCUT2D eigenvalue weighted by Gasteiger charge is -2.33. The van der Waals surface area contributed by atoms with Crippen LogP contribution in [0.3, 0.4) is 0 Å². The molecule has 7 nitrogen and oxygen atoms in total. The summed E-state index contributed by atoms with van der Waals surface area (Å²) >= 11 is 6.48. The number of amides is 2. The van der Waals surface area contributed by atoms with Crippen LogP contribution in [-0.2, 0) is 38.0 Å². The number of hydrogen-bond acceptors (Lipinski definition) is 4. The van der Waals surface area contributed by atoms with Gasteiger partial charge in [-0.1, -0.05) is 100.0 Å². The summed E-state index contributed by atoms with van der Waals surface area (Å²) in [6.07, 6.45) is 2.06. The van der Waals surface area contributed by atoms with Crippen molar-refractivity contribution in [1.82, 2.24) is 10.2 Å². The van der Waals surface area contributed by atoms with E-state index >= 15 is 0 Å². The molecule has 0 fully saturated rings. The van der Waals surface area contributed by atoms with Crippen LogP contribution in [0.4, 0.5) is 5.69 Å². The fraction of sp³-hybridized carbons (Fsp3) is 0.375. The molecular formula is C32H40ClN3O4S. The SMILES string of the molecule is CCCNC(=O)[C@@H](Cc1ccccc1)N(Cc1ccccc1Cl)C(=O)CN(c1ccc(C(C)(C)C)cc1)S(C)(=O)=O. The molecule has 0 unspecified atom stereocenters. The van der Waals surface area contributed by atoms with E-state index in [0.717, 1.165) is 28.1 Å². The van der Waals surface area contributed by atoms with Gasteiger partial charge in [0.25, 0.3) is 0 Å². The van der Waals surface area contributed by atoms with E-state index in [9.17, 15) is 18.0 Å². The smallest absolute Gasteiger partial charge is 0.244 e. The number of halogens is 1. The van der Waals surface area contributed by atoms with Crippen molar-refractivity contribution in [1.29, 1.82) is 0 Å². The van der Waals surface area contributed by atoms with Crippen LogP contribution in [0.15, 0.2) is 78.9 Å². The third kappa shape index (κ3) is 9.07. The molecule has 0 heterocycles. The topological polar surface area (TPSA) is 86.8 Å². The molecule has 2 amide bonds. The lowest BCUT2D eigenvalue weighted by Crippen LogP contribution is -2.53. The van der Waals surface area contributed by atoms with Crippen molar-refractivity contribution < 1.29 is 18.0 Å². The van der Waals surface area contributed by atoms with Gasteiger partial charge in [0.1, 0.15) is 12.6 Å². The monoisotopic (exact) mass is 597 g/mol. The average Bonchev–Trinajstić information content (AvgIpc) is 2.92. The zero-order valence-corrected chi connectivity index (χ0v) is 26.0. The zero-order chi connectivity index (χ0) is 30.2. The third-order valence-electron chi connectivity index (χ3n) is 6.82. The Morgan fingerprint density at radius 1 is 0.927 bits per heavy atom. The number of rotatable bonds is 12. The van der Waals surface area contributed by atoms with E-state index in [1.807, 2.05) is 55.5 Å². The van der Waals surface area contributed by atoms with Crippen molar-refractivity contribution in [3.63, 3.8) is 0 Å². The molecule has 1 atom stereocenters. The van der Waals surface area contributed by atoms with E-state index < -0.39 is 28.5 Å². The Hall–Kier alpha value is -3.36. The van der Waals surface area contributed by atoms with Crippen LogP contribution in [-0.4, -0.2) is 50.5 Å². The molecule has 0 saturated heterocycles. The number of nitrogens with one attached hydrogen (secondary N) is 1. The molecule has 0 aromatic heterocycles. The number of benzene rings is 3. The highest BCUT2D eigenvalue weighted by Crippen LogP contribution is 2.27. The van der Waals surface area contributed by atoms with Crippen molar-refractivity contribution in [2.45, 2.75) is 58.5 Å². The van der Waals surface area contributed by atoms with Gasteiger partial charge in [-0.2, -0.15) is 0 Å². The molecule has 220 valence electrons. The van der Waals surface area contributed by atoms with Gasteiger partial charge in [0.05, 0.1) is 11.9 Å². The van der Waals surface area contributed by atoms with E-state index in [4.69, 9.17) is 11.6 Å². The van der Waals surface area contributed by atoms with Gasteiger partial charge in [0.15, 0.2) is 0 Å². The second-order valence-corrected chi connectivity index (χ2v) is 13.5. The number of carbonyl (C=O) groups excluding carboxylic acids is 2. The summed E-state index contributed by atoms with van der Waals surface area (Å²) in [5.74, 6) is -0.820. The third-order valence-corrected chi connectivity index (χ3v) is 8.33. The maximum atomic E-state index is 14.1. The minimum Gasteiger partial charge on any atom is -0.354 e. The van der Waals surface area contributed by atoms with Crippen molar-refractivity contribution in [3.8, 4) is 0 Å². The maximum absolute atomic E-state index is 14.1. The van der Waals surface area contributed by atoms with Crippen molar-refractivity contribution >= 4 is 39.1 Å². The lowest BCUT2D eigenvalue weighted by molar-refractivity contribution is -0.140. The fourth-order valence-electron chi connectivity index (χ4n) is 4.47. The summed E-state index contributed by atoms with van der Waals surface area (Å²) in [7, 11) is -3.84. The molecule has 41 heavy (non-hydrogen) atoms. The summed E-state index contributed by atoms with van der Waals surface area (Å²) in [5, 5.41) is 3.38.